The zero-order valence-electron chi connectivity index (χ0n) is 14.3. The Balaban J connectivity index is 1.82. The van der Waals surface area contributed by atoms with Gasteiger partial charge in [-0.25, -0.2) is 0 Å². The van der Waals surface area contributed by atoms with E-state index in [1.165, 1.54) is 13.8 Å². The summed E-state index contributed by atoms with van der Waals surface area (Å²) in [6.45, 7) is 3.00. The van der Waals surface area contributed by atoms with Crippen LogP contribution in [-0.2, 0) is 35.1 Å². The highest BCUT2D eigenvalue weighted by molar-refractivity contribution is 7.99. The number of thioether (sulfide) groups is 1. The van der Waals surface area contributed by atoms with Crippen LogP contribution in [-0.4, -0.2) is 47.5 Å². The average molecular weight is 366 g/mol. The lowest BCUT2D eigenvalue weighted by Gasteiger charge is -2.30. The number of hydrogen-bond acceptors (Lipinski definition) is 7. The highest BCUT2D eigenvalue weighted by Gasteiger charge is 2.60. The van der Waals surface area contributed by atoms with Gasteiger partial charge in [-0.2, -0.15) is 11.8 Å². The summed E-state index contributed by atoms with van der Waals surface area (Å²) >= 11 is 1.75. The van der Waals surface area contributed by atoms with E-state index >= 15 is 0 Å². The van der Waals surface area contributed by atoms with Crippen LogP contribution in [0.2, 0.25) is 0 Å². The number of carbonyl (C=O) groups is 2. The number of hydrogen-bond donors (Lipinski definition) is 0. The van der Waals surface area contributed by atoms with Crippen LogP contribution in [0.5, 0.6) is 0 Å². The topological polar surface area (TPSA) is 71.1 Å². The van der Waals surface area contributed by atoms with Crippen molar-refractivity contribution in [3.8, 4) is 0 Å². The summed E-state index contributed by atoms with van der Waals surface area (Å²) in [5.41, 5.74) is 0.403. The molecule has 0 radical (unpaired) electrons. The highest BCUT2D eigenvalue weighted by Crippen LogP contribution is 2.45. The van der Waals surface area contributed by atoms with E-state index in [0.717, 1.165) is 17.7 Å². The quantitative estimate of drug-likeness (QED) is 0.741. The van der Waals surface area contributed by atoms with Crippen molar-refractivity contribution in [1.29, 1.82) is 0 Å². The monoisotopic (exact) mass is 366 g/mol. The SMILES string of the molecule is CC(=O)OC1O[C@]2(CCSC2)[C@H](OCc2ccccc2)[C@H]1OC(C)=O. The van der Waals surface area contributed by atoms with Crippen molar-refractivity contribution in [1.82, 2.24) is 0 Å². The minimum atomic E-state index is -0.944. The largest absolute Gasteiger partial charge is 0.453 e. The molecule has 0 bridgehead atoms. The van der Waals surface area contributed by atoms with Crippen molar-refractivity contribution in [2.75, 3.05) is 11.5 Å². The first-order chi connectivity index (χ1) is 12.0. The number of esters is 2. The Kier molecular flexibility index (Phi) is 5.66. The van der Waals surface area contributed by atoms with Gasteiger partial charge >= 0.3 is 11.9 Å². The Morgan fingerprint density at radius 3 is 2.52 bits per heavy atom. The standard InChI is InChI=1S/C18H22O6S/c1-12(19)22-15-16(21-10-14-6-4-3-5-7-14)18(8-9-25-11-18)24-17(15)23-13(2)20/h3-7,15-17H,8-11H2,1-2H3/t15-,16-,17?,18+/m1/s1. The van der Waals surface area contributed by atoms with Crippen molar-refractivity contribution in [2.45, 2.75) is 51.0 Å². The Morgan fingerprint density at radius 1 is 1.20 bits per heavy atom. The molecule has 0 amide bonds. The van der Waals surface area contributed by atoms with Crippen LogP contribution in [0.3, 0.4) is 0 Å². The predicted molar refractivity (Wildman–Crippen MR) is 91.9 cm³/mol. The molecule has 0 aliphatic carbocycles. The minimum Gasteiger partial charge on any atom is -0.453 e. The van der Waals surface area contributed by atoms with Gasteiger partial charge in [0.2, 0.25) is 6.29 Å². The van der Waals surface area contributed by atoms with Gasteiger partial charge in [-0.15, -0.1) is 0 Å². The van der Waals surface area contributed by atoms with Gasteiger partial charge in [-0.1, -0.05) is 30.3 Å². The normalized spacial score (nSPS) is 31.2. The van der Waals surface area contributed by atoms with E-state index in [2.05, 4.69) is 0 Å². The summed E-state index contributed by atoms with van der Waals surface area (Å²) in [5.74, 6) is 0.695. The molecule has 1 aromatic carbocycles. The van der Waals surface area contributed by atoms with Gasteiger partial charge in [-0.3, -0.25) is 9.59 Å². The third-order valence-corrected chi connectivity index (χ3v) is 5.49. The molecule has 136 valence electrons. The number of carbonyl (C=O) groups excluding carboxylic acids is 2. The fourth-order valence-electron chi connectivity index (χ4n) is 3.26. The molecular weight excluding hydrogens is 344 g/mol. The maximum absolute atomic E-state index is 11.6. The van der Waals surface area contributed by atoms with Crippen LogP contribution in [0.25, 0.3) is 0 Å². The first-order valence-electron chi connectivity index (χ1n) is 8.26. The van der Waals surface area contributed by atoms with E-state index in [0.29, 0.717) is 12.4 Å². The maximum atomic E-state index is 11.6. The summed E-state index contributed by atoms with van der Waals surface area (Å²) in [7, 11) is 0. The lowest BCUT2D eigenvalue weighted by Crippen LogP contribution is -2.46. The first-order valence-corrected chi connectivity index (χ1v) is 9.41. The Labute approximate surface area is 151 Å². The van der Waals surface area contributed by atoms with Gasteiger partial charge in [-0.05, 0) is 17.7 Å². The van der Waals surface area contributed by atoms with Gasteiger partial charge in [0.25, 0.3) is 0 Å². The molecule has 2 saturated heterocycles. The second-order valence-electron chi connectivity index (χ2n) is 6.25. The molecule has 2 aliphatic heterocycles. The van der Waals surface area contributed by atoms with Gasteiger partial charge in [0, 0.05) is 19.6 Å². The molecule has 0 saturated carbocycles. The van der Waals surface area contributed by atoms with E-state index < -0.39 is 36.0 Å². The molecule has 25 heavy (non-hydrogen) atoms. The number of benzene rings is 1. The van der Waals surface area contributed by atoms with Gasteiger partial charge < -0.3 is 18.9 Å². The van der Waals surface area contributed by atoms with Crippen LogP contribution in [0.4, 0.5) is 0 Å². The van der Waals surface area contributed by atoms with E-state index in [-0.39, 0.29) is 0 Å². The molecule has 1 spiro atoms. The van der Waals surface area contributed by atoms with Crippen molar-refractivity contribution in [2.24, 2.45) is 0 Å². The number of rotatable bonds is 5. The van der Waals surface area contributed by atoms with Crippen LogP contribution in [0.1, 0.15) is 25.8 Å². The van der Waals surface area contributed by atoms with Gasteiger partial charge in [0.1, 0.15) is 11.7 Å². The fraction of sp³-hybridized carbons (Fsp3) is 0.556. The third-order valence-electron chi connectivity index (χ3n) is 4.31. The predicted octanol–water partition coefficient (Wildman–Crippen LogP) is 2.30. The molecular formula is C18H22O6S. The summed E-state index contributed by atoms with van der Waals surface area (Å²) in [4.78, 5) is 23.0. The molecule has 2 aliphatic rings. The molecule has 0 N–H and O–H groups in total. The van der Waals surface area contributed by atoms with E-state index in [1.807, 2.05) is 30.3 Å². The Bertz CT molecular complexity index is 613. The molecule has 2 heterocycles. The summed E-state index contributed by atoms with van der Waals surface area (Å²) in [5, 5.41) is 0. The Hall–Kier alpha value is -1.57. The van der Waals surface area contributed by atoms with Gasteiger partial charge in [0.05, 0.1) is 6.61 Å². The van der Waals surface area contributed by atoms with Crippen LogP contribution in [0, 0.1) is 0 Å². The molecule has 3 rings (SSSR count). The molecule has 4 atom stereocenters. The molecule has 7 heteroatoms. The van der Waals surface area contributed by atoms with Crippen molar-refractivity contribution in [3.63, 3.8) is 0 Å². The average Bonchev–Trinajstić information content (AvgIpc) is 3.12. The van der Waals surface area contributed by atoms with Crippen LogP contribution in [0.15, 0.2) is 30.3 Å². The number of ether oxygens (including phenoxy) is 4. The highest BCUT2D eigenvalue weighted by atomic mass is 32.2. The lowest BCUT2D eigenvalue weighted by atomic mass is 9.94. The summed E-state index contributed by atoms with van der Waals surface area (Å²) in [6.07, 6.45) is -1.45. The summed E-state index contributed by atoms with van der Waals surface area (Å²) in [6, 6.07) is 9.76. The molecule has 1 aromatic rings. The van der Waals surface area contributed by atoms with Crippen LogP contribution >= 0.6 is 11.8 Å². The van der Waals surface area contributed by atoms with E-state index in [9.17, 15) is 9.59 Å². The second kappa shape index (κ2) is 7.76. The lowest BCUT2D eigenvalue weighted by molar-refractivity contribution is -0.201. The van der Waals surface area contributed by atoms with Crippen LogP contribution < -0.4 is 0 Å². The Morgan fingerprint density at radius 2 is 1.92 bits per heavy atom. The first kappa shape index (κ1) is 18.2. The molecule has 0 aromatic heterocycles. The van der Waals surface area contributed by atoms with E-state index in [4.69, 9.17) is 18.9 Å². The third kappa shape index (κ3) is 4.16. The van der Waals surface area contributed by atoms with E-state index in [1.54, 1.807) is 11.8 Å². The molecule has 2 fully saturated rings. The van der Waals surface area contributed by atoms with Crippen molar-refractivity contribution >= 4 is 23.7 Å². The maximum Gasteiger partial charge on any atom is 0.305 e. The van der Waals surface area contributed by atoms with Crippen molar-refractivity contribution in [3.05, 3.63) is 35.9 Å². The molecule has 1 unspecified atom stereocenters. The van der Waals surface area contributed by atoms with Gasteiger partial charge in [0.15, 0.2) is 6.10 Å². The van der Waals surface area contributed by atoms with Crippen molar-refractivity contribution < 1.29 is 28.5 Å². The zero-order chi connectivity index (χ0) is 17.9. The fourth-order valence-corrected chi connectivity index (χ4v) is 4.61. The molecule has 6 nitrogen and oxygen atoms in total. The summed E-state index contributed by atoms with van der Waals surface area (Å²) < 4.78 is 22.9. The second-order valence-corrected chi connectivity index (χ2v) is 7.36. The zero-order valence-corrected chi connectivity index (χ0v) is 15.1. The minimum absolute atomic E-state index is 0.367. The smallest absolute Gasteiger partial charge is 0.305 e.